The van der Waals surface area contributed by atoms with Crippen LogP contribution < -0.4 is 0 Å². The van der Waals surface area contributed by atoms with Crippen molar-refractivity contribution in [2.75, 3.05) is 22.1 Å². The zero-order valence-electron chi connectivity index (χ0n) is 16.2. The van der Waals surface area contributed by atoms with E-state index in [-0.39, 0.29) is 17.9 Å². The number of carbonyl (C=O) groups is 2. The first-order valence-corrected chi connectivity index (χ1v) is 12.5. The predicted octanol–water partition coefficient (Wildman–Crippen LogP) is 6.12. The first kappa shape index (κ1) is 27.6. The van der Waals surface area contributed by atoms with Crippen molar-refractivity contribution in [3.8, 4) is 0 Å². The second-order valence-corrected chi connectivity index (χ2v) is 8.01. The number of carbonyl (C=O) groups excluding carboxylic acids is 2. The summed E-state index contributed by atoms with van der Waals surface area (Å²) >= 11 is 4.75. The Hall–Kier alpha value is 0.400. The maximum Gasteiger partial charge on any atom is 0.308 e. The van der Waals surface area contributed by atoms with Crippen molar-refractivity contribution in [3.05, 3.63) is 0 Å². The number of halogens is 2. The molecule has 0 saturated carbocycles. The van der Waals surface area contributed by atoms with Gasteiger partial charge in [-0.15, -0.1) is 0 Å². The lowest BCUT2D eigenvalue weighted by atomic mass is 10.0. The maximum atomic E-state index is 11.2. The van der Waals surface area contributed by atoms with E-state index in [1.54, 1.807) is 0 Å². The Balaban J connectivity index is 0. The molecule has 0 aliphatic rings. The monoisotopic (exact) mass is 582 g/mol. The van der Waals surface area contributed by atoms with Gasteiger partial charge in [-0.1, -0.05) is 77.8 Å². The molecular formula is C19H36I2O4. The van der Waals surface area contributed by atoms with Crippen LogP contribution in [0.1, 0.15) is 78.6 Å². The molecule has 0 aromatic carbocycles. The highest BCUT2D eigenvalue weighted by Gasteiger charge is 2.12. The summed E-state index contributed by atoms with van der Waals surface area (Å²) in [6.07, 6.45) is 9.83. The molecule has 0 spiro atoms. The Kier molecular flexibility index (Phi) is 24.8. The SMILES string of the molecule is CCOC(=O)C(C)CCCCCI.CCOC(=O)CCCCCCI. The lowest BCUT2D eigenvalue weighted by Gasteiger charge is -2.09. The van der Waals surface area contributed by atoms with E-state index in [2.05, 4.69) is 45.2 Å². The molecule has 6 heteroatoms. The average molecular weight is 582 g/mol. The quantitative estimate of drug-likeness (QED) is 0.107. The molecule has 4 nitrogen and oxygen atoms in total. The molecule has 0 fully saturated rings. The van der Waals surface area contributed by atoms with Crippen LogP contribution in [0.4, 0.5) is 0 Å². The van der Waals surface area contributed by atoms with Crippen LogP contribution in [0, 0.1) is 5.92 Å². The van der Waals surface area contributed by atoms with Crippen molar-refractivity contribution >= 4 is 57.1 Å². The summed E-state index contributed by atoms with van der Waals surface area (Å²) in [7, 11) is 0. The number of ether oxygens (including phenoxy) is 2. The Morgan fingerprint density at radius 2 is 1.32 bits per heavy atom. The molecule has 0 amide bonds. The van der Waals surface area contributed by atoms with Crippen molar-refractivity contribution in [1.29, 1.82) is 0 Å². The minimum atomic E-state index is -0.0491. The number of hydrogen-bond donors (Lipinski definition) is 0. The van der Waals surface area contributed by atoms with Crippen LogP contribution in [0.2, 0.25) is 0 Å². The molecule has 1 atom stereocenters. The summed E-state index contributed by atoms with van der Waals surface area (Å²) in [5.74, 6) is -0.0156. The van der Waals surface area contributed by atoms with Gasteiger partial charge in [0.05, 0.1) is 19.1 Å². The average Bonchev–Trinajstić information content (AvgIpc) is 2.59. The topological polar surface area (TPSA) is 52.6 Å². The first-order chi connectivity index (χ1) is 12.0. The zero-order valence-corrected chi connectivity index (χ0v) is 20.5. The molecular weight excluding hydrogens is 546 g/mol. The Bertz CT molecular complexity index is 312. The van der Waals surface area contributed by atoms with Gasteiger partial charge in [0.15, 0.2) is 0 Å². The summed E-state index contributed by atoms with van der Waals surface area (Å²) in [5.41, 5.74) is 0. The standard InChI is InChI=1S/C10H19IO2.C9H17IO2/c1-3-13-10(12)9(2)7-5-4-6-8-11;1-2-12-9(11)7-5-3-4-6-8-10/h9H,3-8H2,1-2H3;2-8H2,1H3. The third-order valence-electron chi connectivity index (χ3n) is 3.53. The van der Waals surface area contributed by atoms with Gasteiger partial charge in [0.1, 0.15) is 0 Å². The fraction of sp³-hybridized carbons (Fsp3) is 0.895. The molecule has 0 radical (unpaired) electrons. The largest absolute Gasteiger partial charge is 0.466 e. The van der Waals surface area contributed by atoms with Crippen LogP contribution in [0.25, 0.3) is 0 Å². The highest BCUT2D eigenvalue weighted by molar-refractivity contribution is 14.1. The number of unbranched alkanes of at least 4 members (excludes halogenated alkanes) is 5. The van der Waals surface area contributed by atoms with Gasteiger partial charge in [0.25, 0.3) is 0 Å². The van der Waals surface area contributed by atoms with E-state index >= 15 is 0 Å². The summed E-state index contributed by atoms with van der Waals surface area (Å²) in [4.78, 5) is 22.0. The summed E-state index contributed by atoms with van der Waals surface area (Å²) < 4.78 is 12.2. The molecule has 0 bridgehead atoms. The van der Waals surface area contributed by atoms with Crippen LogP contribution in [0.5, 0.6) is 0 Å². The van der Waals surface area contributed by atoms with Crippen LogP contribution in [-0.2, 0) is 19.1 Å². The fourth-order valence-corrected chi connectivity index (χ4v) is 3.15. The Morgan fingerprint density at radius 3 is 1.84 bits per heavy atom. The molecule has 0 rings (SSSR count). The molecule has 0 aliphatic carbocycles. The third kappa shape index (κ3) is 22.4. The predicted molar refractivity (Wildman–Crippen MR) is 122 cm³/mol. The van der Waals surface area contributed by atoms with E-state index in [1.165, 1.54) is 34.5 Å². The van der Waals surface area contributed by atoms with Gasteiger partial charge in [-0.2, -0.15) is 0 Å². The number of esters is 2. The van der Waals surface area contributed by atoms with Crippen molar-refractivity contribution in [2.24, 2.45) is 5.92 Å². The Morgan fingerprint density at radius 1 is 0.800 bits per heavy atom. The van der Waals surface area contributed by atoms with Gasteiger partial charge in [0.2, 0.25) is 0 Å². The van der Waals surface area contributed by atoms with E-state index in [9.17, 15) is 9.59 Å². The van der Waals surface area contributed by atoms with E-state index in [0.717, 1.165) is 25.7 Å². The van der Waals surface area contributed by atoms with Crippen LogP contribution in [-0.4, -0.2) is 34.0 Å². The van der Waals surface area contributed by atoms with Crippen LogP contribution in [0.15, 0.2) is 0 Å². The summed E-state index contributed by atoms with van der Waals surface area (Å²) in [6, 6.07) is 0. The van der Waals surface area contributed by atoms with Crippen molar-refractivity contribution in [1.82, 2.24) is 0 Å². The van der Waals surface area contributed by atoms with Gasteiger partial charge in [0, 0.05) is 6.42 Å². The fourth-order valence-electron chi connectivity index (χ4n) is 2.07. The zero-order chi connectivity index (χ0) is 19.3. The third-order valence-corrected chi connectivity index (χ3v) is 5.06. The number of alkyl halides is 2. The molecule has 0 aliphatic heterocycles. The van der Waals surface area contributed by atoms with Gasteiger partial charge >= 0.3 is 11.9 Å². The van der Waals surface area contributed by atoms with E-state index in [1.807, 2.05) is 20.8 Å². The van der Waals surface area contributed by atoms with Gasteiger partial charge < -0.3 is 9.47 Å². The van der Waals surface area contributed by atoms with Gasteiger partial charge in [-0.3, -0.25) is 9.59 Å². The molecule has 25 heavy (non-hydrogen) atoms. The van der Waals surface area contributed by atoms with E-state index in [4.69, 9.17) is 9.47 Å². The molecule has 0 saturated heterocycles. The second kappa shape index (κ2) is 22.4. The van der Waals surface area contributed by atoms with Crippen molar-refractivity contribution in [2.45, 2.75) is 78.6 Å². The molecule has 150 valence electrons. The molecule has 0 N–H and O–H groups in total. The number of hydrogen-bond acceptors (Lipinski definition) is 4. The molecule has 0 aromatic rings. The van der Waals surface area contributed by atoms with Crippen LogP contribution >= 0.6 is 45.2 Å². The van der Waals surface area contributed by atoms with E-state index < -0.39 is 0 Å². The lowest BCUT2D eigenvalue weighted by molar-refractivity contribution is -0.147. The minimum absolute atomic E-state index is 0.0445. The normalized spacial score (nSPS) is 11.2. The van der Waals surface area contributed by atoms with Crippen molar-refractivity contribution in [3.63, 3.8) is 0 Å². The molecule has 0 heterocycles. The van der Waals surface area contributed by atoms with E-state index in [0.29, 0.717) is 19.6 Å². The second-order valence-electron chi connectivity index (χ2n) is 5.85. The minimum Gasteiger partial charge on any atom is -0.466 e. The lowest BCUT2D eigenvalue weighted by Crippen LogP contribution is -2.14. The smallest absolute Gasteiger partial charge is 0.308 e. The Labute approximate surface area is 181 Å². The molecule has 1 unspecified atom stereocenters. The first-order valence-electron chi connectivity index (χ1n) is 9.47. The molecule has 0 aromatic heterocycles. The number of rotatable bonds is 14. The summed E-state index contributed by atoms with van der Waals surface area (Å²) in [5, 5.41) is 0. The van der Waals surface area contributed by atoms with Crippen molar-refractivity contribution < 1.29 is 19.1 Å². The highest BCUT2D eigenvalue weighted by Crippen LogP contribution is 2.11. The maximum absolute atomic E-state index is 11.2. The van der Waals surface area contributed by atoms with Gasteiger partial charge in [-0.05, 0) is 48.4 Å². The van der Waals surface area contributed by atoms with Crippen LogP contribution in [0.3, 0.4) is 0 Å². The highest BCUT2D eigenvalue weighted by atomic mass is 127. The summed E-state index contributed by atoms with van der Waals surface area (Å²) in [6.45, 7) is 6.64. The van der Waals surface area contributed by atoms with Gasteiger partial charge in [-0.25, -0.2) is 0 Å².